The number of pyridine rings is 1. The summed E-state index contributed by atoms with van der Waals surface area (Å²) >= 11 is 5.97. The van der Waals surface area contributed by atoms with Gasteiger partial charge in [-0.25, -0.2) is 4.98 Å². The number of halogens is 1. The van der Waals surface area contributed by atoms with Crippen LogP contribution in [0.2, 0.25) is 5.02 Å². The zero-order chi connectivity index (χ0) is 14.5. The van der Waals surface area contributed by atoms with Crippen molar-refractivity contribution < 1.29 is 0 Å². The maximum atomic E-state index is 5.97. The second-order valence-electron chi connectivity index (χ2n) is 4.70. The first-order valence-electron chi connectivity index (χ1n) is 6.77. The number of rotatable bonds is 3. The molecule has 2 heteroatoms. The van der Waals surface area contributed by atoms with Crippen molar-refractivity contribution >= 4 is 34.7 Å². The van der Waals surface area contributed by atoms with Crippen molar-refractivity contribution in [1.82, 2.24) is 4.98 Å². The number of benzene rings is 2. The fourth-order valence-electron chi connectivity index (χ4n) is 2.09. The number of nitrogens with zero attached hydrogens (tertiary/aromatic N) is 1. The van der Waals surface area contributed by atoms with Crippen LogP contribution in [-0.4, -0.2) is 4.98 Å². The minimum absolute atomic E-state index is 0.735. The fraction of sp³-hybridized carbons (Fsp3) is 0. The number of fused-ring (bicyclic) bond motifs is 1. The van der Waals surface area contributed by atoms with E-state index in [1.807, 2.05) is 66.8 Å². The Morgan fingerprint density at radius 3 is 2.48 bits per heavy atom. The van der Waals surface area contributed by atoms with Crippen LogP contribution in [0.15, 0.2) is 72.8 Å². The third-order valence-corrected chi connectivity index (χ3v) is 3.37. The van der Waals surface area contributed by atoms with Crippen molar-refractivity contribution in [2.45, 2.75) is 0 Å². The fourth-order valence-corrected chi connectivity index (χ4v) is 2.27. The number of allylic oxidation sites excluding steroid dienone is 2. The van der Waals surface area contributed by atoms with Crippen LogP contribution in [0.4, 0.5) is 0 Å². The molecule has 0 aliphatic carbocycles. The molecular formula is C19H14ClN. The summed E-state index contributed by atoms with van der Waals surface area (Å²) in [5.41, 5.74) is 3.07. The molecular weight excluding hydrogens is 278 g/mol. The molecule has 0 spiro atoms. The van der Waals surface area contributed by atoms with Gasteiger partial charge in [0.1, 0.15) is 0 Å². The summed E-state index contributed by atoms with van der Waals surface area (Å²) in [5, 5.41) is 1.79. The average Bonchev–Trinajstić information content (AvgIpc) is 2.52. The molecule has 0 bridgehead atoms. The van der Waals surface area contributed by atoms with Crippen molar-refractivity contribution in [2.75, 3.05) is 0 Å². The lowest BCUT2D eigenvalue weighted by molar-refractivity contribution is 1.37. The molecule has 0 atom stereocenters. The first-order chi connectivity index (χ1) is 10.3. The molecule has 3 rings (SSSR count). The van der Waals surface area contributed by atoms with Crippen LogP contribution in [0.25, 0.3) is 23.1 Å². The molecule has 102 valence electrons. The standard InChI is InChI=1S/C19H14ClN/c20-17-11-13-19-16(14-17)10-12-18(21-19)9-5-4-8-15-6-2-1-3-7-15/h1-14H/b8-4+,9-5+. The van der Waals surface area contributed by atoms with Gasteiger partial charge in [-0.1, -0.05) is 66.2 Å². The Morgan fingerprint density at radius 2 is 1.62 bits per heavy atom. The van der Waals surface area contributed by atoms with Crippen LogP contribution in [0, 0.1) is 0 Å². The van der Waals surface area contributed by atoms with Crippen LogP contribution >= 0.6 is 11.6 Å². The summed E-state index contributed by atoms with van der Waals surface area (Å²) in [6, 6.07) is 20.0. The summed E-state index contributed by atoms with van der Waals surface area (Å²) < 4.78 is 0. The molecule has 3 aromatic rings. The van der Waals surface area contributed by atoms with E-state index in [0.717, 1.165) is 21.6 Å². The topological polar surface area (TPSA) is 12.9 Å². The molecule has 21 heavy (non-hydrogen) atoms. The van der Waals surface area contributed by atoms with E-state index in [-0.39, 0.29) is 0 Å². The maximum absolute atomic E-state index is 5.97. The van der Waals surface area contributed by atoms with E-state index in [9.17, 15) is 0 Å². The van der Waals surface area contributed by atoms with Gasteiger partial charge in [0.25, 0.3) is 0 Å². The van der Waals surface area contributed by atoms with E-state index in [4.69, 9.17) is 11.6 Å². The van der Waals surface area contributed by atoms with E-state index in [1.54, 1.807) is 0 Å². The van der Waals surface area contributed by atoms with Gasteiger partial charge in [0.05, 0.1) is 11.2 Å². The quantitative estimate of drug-likeness (QED) is 0.571. The molecule has 2 aromatic carbocycles. The summed E-state index contributed by atoms with van der Waals surface area (Å²) in [4.78, 5) is 4.58. The Kier molecular flexibility index (Phi) is 4.13. The summed E-state index contributed by atoms with van der Waals surface area (Å²) in [6.45, 7) is 0. The minimum atomic E-state index is 0.735. The van der Waals surface area contributed by atoms with E-state index >= 15 is 0 Å². The second-order valence-corrected chi connectivity index (χ2v) is 5.14. The maximum Gasteiger partial charge on any atom is 0.0710 e. The van der Waals surface area contributed by atoms with Crippen LogP contribution in [0.5, 0.6) is 0 Å². The molecule has 1 heterocycles. The summed E-state index contributed by atoms with van der Waals surface area (Å²) in [7, 11) is 0. The van der Waals surface area contributed by atoms with Gasteiger partial charge in [0.2, 0.25) is 0 Å². The highest BCUT2D eigenvalue weighted by Gasteiger charge is 1.96. The average molecular weight is 292 g/mol. The molecule has 0 aliphatic rings. The predicted octanol–water partition coefficient (Wildman–Crippen LogP) is 5.61. The Morgan fingerprint density at radius 1 is 0.810 bits per heavy atom. The molecule has 0 N–H and O–H groups in total. The third-order valence-electron chi connectivity index (χ3n) is 3.14. The lowest BCUT2D eigenvalue weighted by Crippen LogP contribution is -1.82. The zero-order valence-corrected chi connectivity index (χ0v) is 12.2. The van der Waals surface area contributed by atoms with Gasteiger partial charge >= 0.3 is 0 Å². The van der Waals surface area contributed by atoms with Crippen molar-refractivity contribution in [1.29, 1.82) is 0 Å². The van der Waals surface area contributed by atoms with Gasteiger partial charge in [-0.15, -0.1) is 0 Å². The van der Waals surface area contributed by atoms with Crippen LogP contribution in [0.1, 0.15) is 11.3 Å². The van der Waals surface area contributed by atoms with Gasteiger partial charge in [0, 0.05) is 10.4 Å². The Labute approximate surface area is 129 Å². The van der Waals surface area contributed by atoms with Crippen LogP contribution in [0.3, 0.4) is 0 Å². The van der Waals surface area contributed by atoms with E-state index in [0.29, 0.717) is 0 Å². The predicted molar refractivity (Wildman–Crippen MR) is 91.3 cm³/mol. The number of hydrogen-bond donors (Lipinski definition) is 0. The van der Waals surface area contributed by atoms with Gasteiger partial charge in [-0.2, -0.15) is 0 Å². The summed E-state index contributed by atoms with van der Waals surface area (Å²) in [6.07, 6.45) is 8.07. The molecule has 0 radical (unpaired) electrons. The Bertz CT molecular complexity index is 804. The third kappa shape index (κ3) is 3.59. The largest absolute Gasteiger partial charge is 0.248 e. The molecule has 0 aliphatic heterocycles. The van der Waals surface area contributed by atoms with Gasteiger partial charge in [0.15, 0.2) is 0 Å². The first-order valence-corrected chi connectivity index (χ1v) is 7.15. The minimum Gasteiger partial charge on any atom is -0.248 e. The molecule has 0 unspecified atom stereocenters. The van der Waals surface area contributed by atoms with Gasteiger partial charge in [-0.05, 0) is 35.9 Å². The summed E-state index contributed by atoms with van der Waals surface area (Å²) in [5.74, 6) is 0. The van der Waals surface area contributed by atoms with E-state index in [1.165, 1.54) is 5.56 Å². The highest BCUT2D eigenvalue weighted by atomic mass is 35.5. The molecule has 0 amide bonds. The number of aromatic nitrogens is 1. The molecule has 0 saturated carbocycles. The van der Waals surface area contributed by atoms with Crippen molar-refractivity contribution in [3.63, 3.8) is 0 Å². The zero-order valence-electron chi connectivity index (χ0n) is 11.4. The lowest BCUT2D eigenvalue weighted by Gasteiger charge is -1.99. The van der Waals surface area contributed by atoms with Crippen LogP contribution < -0.4 is 0 Å². The van der Waals surface area contributed by atoms with E-state index in [2.05, 4.69) is 23.2 Å². The Balaban J connectivity index is 1.77. The smallest absolute Gasteiger partial charge is 0.0710 e. The molecule has 1 aromatic heterocycles. The molecule has 1 nitrogen and oxygen atoms in total. The molecule has 0 saturated heterocycles. The SMILES string of the molecule is Clc1ccc2nc(/C=C/C=C/c3ccccc3)ccc2c1. The van der Waals surface area contributed by atoms with Crippen LogP contribution in [-0.2, 0) is 0 Å². The van der Waals surface area contributed by atoms with Crippen molar-refractivity contribution in [2.24, 2.45) is 0 Å². The lowest BCUT2D eigenvalue weighted by atomic mass is 10.2. The number of hydrogen-bond acceptors (Lipinski definition) is 1. The Hall–Kier alpha value is -2.38. The highest BCUT2D eigenvalue weighted by molar-refractivity contribution is 6.31. The van der Waals surface area contributed by atoms with Crippen molar-refractivity contribution in [3.8, 4) is 0 Å². The van der Waals surface area contributed by atoms with E-state index < -0.39 is 0 Å². The monoisotopic (exact) mass is 291 g/mol. The molecule has 0 fully saturated rings. The van der Waals surface area contributed by atoms with Gasteiger partial charge < -0.3 is 0 Å². The second kappa shape index (κ2) is 6.38. The first kappa shape index (κ1) is 13.6. The van der Waals surface area contributed by atoms with Gasteiger partial charge in [-0.3, -0.25) is 0 Å². The normalized spacial score (nSPS) is 11.7. The van der Waals surface area contributed by atoms with Crippen molar-refractivity contribution in [3.05, 3.63) is 89.1 Å². The highest BCUT2D eigenvalue weighted by Crippen LogP contribution is 2.18.